The van der Waals surface area contributed by atoms with E-state index in [2.05, 4.69) is 54.7 Å². The molecule has 6 rings (SSSR count). The molecular formula is C22H20. The molecule has 0 saturated carbocycles. The molecule has 6 aliphatic carbocycles. The van der Waals surface area contributed by atoms with Gasteiger partial charge in [0.1, 0.15) is 0 Å². The van der Waals surface area contributed by atoms with Crippen LogP contribution in [0.15, 0.2) is 82.5 Å². The highest BCUT2D eigenvalue weighted by atomic mass is 14.5. The number of allylic oxidation sites excluding steroid dienone is 14. The molecule has 0 aromatic carbocycles. The van der Waals surface area contributed by atoms with Crippen molar-refractivity contribution in [1.29, 1.82) is 0 Å². The molecule has 0 radical (unpaired) electrons. The summed E-state index contributed by atoms with van der Waals surface area (Å²) in [4.78, 5) is 0. The Kier molecular flexibility index (Phi) is 2.09. The van der Waals surface area contributed by atoms with Crippen molar-refractivity contribution in [3.63, 3.8) is 0 Å². The minimum absolute atomic E-state index is 0.577. The second kappa shape index (κ2) is 3.93. The van der Waals surface area contributed by atoms with Crippen LogP contribution >= 0.6 is 0 Å². The van der Waals surface area contributed by atoms with Crippen molar-refractivity contribution < 1.29 is 0 Å². The van der Waals surface area contributed by atoms with E-state index in [-0.39, 0.29) is 0 Å². The van der Waals surface area contributed by atoms with Crippen molar-refractivity contribution in [1.82, 2.24) is 0 Å². The fraction of sp³-hybridized carbons (Fsp3) is 0.364. The maximum atomic E-state index is 2.61. The lowest BCUT2D eigenvalue weighted by molar-refractivity contribution is 0.257. The van der Waals surface area contributed by atoms with Gasteiger partial charge in [-0.15, -0.1) is 0 Å². The van der Waals surface area contributed by atoms with Gasteiger partial charge in [-0.25, -0.2) is 0 Å². The SMILES string of the molecule is C1=CC2=CC3CC=CC4CC5C=CCC6=CC(=C1)C2C(=C65)C34. The lowest BCUT2D eigenvalue weighted by Crippen LogP contribution is -2.41. The van der Waals surface area contributed by atoms with Gasteiger partial charge in [0.15, 0.2) is 0 Å². The van der Waals surface area contributed by atoms with E-state index in [9.17, 15) is 0 Å². The van der Waals surface area contributed by atoms with Crippen molar-refractivity contribution in [2.45, 2.75) is 19.3 Å². The lowest BCUT2D eigenvalue weighted by Gasteiger charge is -2.52. The fourth-order valence-corrected chi connectivity index (χ4v) is 5.96. The average molecular weight is 284 g/mol. The van der Waals surface area contributed by atoms with Crippen LogP contribution in [0.1, 0.15) is 19.3 Å². The van der Waals surface area contributed by atoms with Crippen molar-refractivity contribution in [3.05, 3.63) is 82.5 Å². The van der Waals surface area contributed by atoms with Crippen LogP contribution in [0.5, 0.6) is 0 Å². The first-order valence-corrected chi connectivity index (χ1v) is 8.78. The smallest absolute Gasteiger partial charge is 0.0305 e. The maximum Gasteiger partial charge on any atom is 0.0305 e. The molecule has 0 nitrogen and oxygen atoms in total. The molecule has 6 aliphatic rings. The first-order chi connectivity index (χ1) is 10.9. The summed E-state index contributed by atoms with van der Waals surface area (Å²) in [6, 6.07) is 0. The highest BCUT2D eigenvalue weighted by Crippen LogP contribution is 2.59. The molecule has 0 saturated heterocycles. The Morgan fingerprint density at radius 3 is 3.00 bits per heavy atom. The van der Waals surface area contributed by atoms with Crippen LogP contribution in [0.4, 0.5) is 0 Å². The summed E-state index contributed by atoms with van der Waals surface area (Å²) in [7, 11) is 0. The standard InChI is InChI=1S/C22H20/c1-4-13-10-15-6-2-8-17-12-18-9-3-7-16-11-14(5-1)19(13)22(20(15)17)21(16)18/h1-5,8-11,15,17-20H,6-7,12H2. The van der Waals surface area contributed by atoms with Crippen molar-refractivity contribution >= 4 is 0 Å². The van der Waals surface area contributed by atoms with Crippen molar-refractivity contribution in [3.8, 4) is 0 Å². The van der Waals surface area contributed by atoms with Gasteiger partial charge in [0.25, 0.3) is 0 Å². The second-order valence-corrected chi connectivity index (χ2v) is 7.66. The number of rotatable bonds is 0. The molecule has 0 spiro atoms. The van der Waals surface area contributed by atoms with E-state index < -0.39 is 0 Å². The van der Waals surface area contributed by atoms with Gasteiger partial charge in [-0.3, -0.25) is 0 Å². The summed E-state index contributed by atoms with van der Waals surface area (Å²) >= 11 is 0. The van der Waals surface area contributed by atoms with E-state index in [1.165, 1.54) is 12.8 Å². The maximum absolute atomic E-state index is 2.61. The third-order valence-corrected chi connectivity index (χ3v) is 6.64. The largest absolute Gasteiger partial charge is 0.0876 e. The molecule has 5 atom stereocenters. The van der Waals surface area contributed by atoms with Gasteiger partial charge in [-0.05, 0) is 64.9 Å². The van der Waals surface area contributed by atoms with Crippen LogP contribution in [0.3, 0.4) is 0 Å². The van der Waals surface area contributed by atoms with Gasteiger partial charge in [0.2, 0.25) is 0 Å². The molecule has 108 valence electrons. The molecule has 0 heterocycles. The third-order valence-electron chi connectivity index (χ3n) is 6.64. The van der Waals surface area contributed by atoms with Gasteiger partial charge in [-0.1, -0.05) is 54.7 Å². The number of hydrogen-bond acceptors (Lipinski definition) is 0. The normalized spacial score (nSPS) is 42.5. The van der Waals surface area contributed by atoms with Crippen molar-refractivity contribution in [2.75, 3.05) is 0 Å². The van der Waals surface area contributed by atoms with Gasteiger partial charge in [-0.2, -0.15) is 0 Å². The van der Waals surface area contributed by atoms with E-state index in [1.54, 1.807) is 22.3 Å². The summed E-state index contributed by atoms with van der Waals surface area (Å²) in [6.45, 7) is 0. The Balaban J connectivity index is 1.70. The van der Waals surface area contributed by atoms with Crippen LogP contribution in [0.25, 0.3) is 0 Å². The Morgan fingerprint density at radius 2 is 2.00 bits per heavy atom. The highest BCUT2D eigenvalue weighted by Gasteiger charge is 2.48. The zero-order valence-corrected chi connectivity index (χ0v) is 12.7. The highest BCUT2D eigenvalue weighted by molar-refractivity contribution is 5.63. The third kappa shape index (κ3) is 1.30. The van der Waals surface area contributed by atoms with Crippen LogP contribution in [0.2, 0.25) is 0 Å². The van der Waals surface area contributed by atoms with Gasteiger partial charge < -0.3 is 0 Å². The molecule has 22 heavy (non-hydrogen) atoms. The fourth-order valence-electron chi connectivity index (χ4n) is 5.96. The Bertz CT molecular complexity index is 790. The summed E-state index contributed by atoms with van der Waals surface area (Å²) in [5.74, 6) is 3.52. The van der Waals surface area contributed by atoms with Crippen LogP contribution in [-0.4, -0.2) is 0 Å². The Hall–Kier alpha value is -1.82. The quantitative estimate of drug-likeness (QED) is 0.545. The summed E-state index contributed by atoms with van der Waals surface area (Å²) < 4.78 is 0. The van der Waals surface area contributed by atoms with E-state index in [0.29, 0.717) is 11.8 Å². The van der Waals surface area contributed by atoms with Crippen LogP contribution in [0, 0.1) is 29.6 Å². The van der Waals surface area contributed by atoms with Gasteiger partial charge in [0.05, 0.1) is 0 Å². The predicted molar refractivity (Wildman–Crippen MR) is 90.0 cm³/mol. The van der Waals surface area contributed by atoms with E-state index in [4.69, 9.17) is 0 Å². The molecule has 0 aromatic rings. The van der Waals surface area contributed by atoms with Crippen LogP contribution in [-0.2, 0) is 0 Å². The molecule has 0 fully saturated rings. The predicted octanol–water partition coefficient (Wildman–Crippen LogP) is 5.06. The summed E-state index contributed by atoms with van der Waals surface area (Å²) in [6.07, 6.45) is 25.7. The van der Waals surface area contributed by atoms with E-state index in [0.717, 1.165) is 24.2 Å². The summed E-state index contributed by atoms with van der Waals surface area (Å²) in [5, 5.41) is 0. The average Bonchev–Trinajstić information content (AvgIpc) is 2.55. The first-order valence-electron chi connectivity index (χ1n) is 8.78. The molecule has 0 N–H and O–H groups in total. The second-order valence-electron chi connectivity index (χ2n) is 7.66. The van der Waals surface area contributed by atoms with E-state index in [1.807, 2.05) is 5.57 Å². The van der Waals surface area contributed by atoms with Crippen LogP contribution < -0.4 is 0 Å². The first kappa shape index (κ1) is 11.7. The molecule has 0 heteroatoms. The zero-order chi connectivity index (χ0) is 14.3. The van der Waals surface area contributed by atoms with E-state index >= 15 is 0 Å². The molecule has 0 amide bonds. The number of hydrogen-bond donors (Lipinski definition) is 0. The Labute approximate surface area is 132 Å². The van der Waals surface area contributed by atoms with Crippen molar-refractivity contribution in [2.24, 2.45) is 29.6 Å². The minimum Gasteiger partial charge on any atom is -0.0876 e. The molecule has 5 unspecified atom stereocenters. The lowest BCUT2D eigenvalue weighted by atomic mass is 9.52. The molecule has 0 aliphatic heterocycles. The topological polar surface area (TPSA) is 0 Å². The molecule has 0 aromatic heterocycles. The monoisotopic (exact) mass is 284 g/mol. The summed E-state index contributed by atoms with van der Waals surface area (Å²) in [5.41, 5.74) is 8.29. The van der Waals surface area contributed by atoms with Gasteiger partial charge >= 0.3 is 0 Å². The Morgan fingerprint density at radius 1 is 1.00 bits per heavy atom. The molecular weight excluding hydrogens is 264 g/mol. The minimum atomic E-state index is 0.577. The molecule has 0 bridgehead atoms. The zero-order valence-electron chi connectivity index (χ0n) is 12.7. The van der Waals surface area contributed by atoms with Gasteiger partial charge in [0, 0.05) is 11.8 Å².